The average molecular weight is 496 g/mol. The van der Waals surface area contributed by atoms with Crippen LogP contribution in [-0.2, 0) is 11.3 Å². The highest BCUT2D eigenvalue weighted by molar-refractivity contribution is 7.99. The Balaban J connectivity index is 1.49. The summed E-state index contributed by atoms with van der Waals surface area (Å²) < 4.78 is 30.3. The van der Waals surface area contributed by atoms with Crippen molar-refractivity contribution in [3.63, 3.8) is 0 Å². The Morgan fingerprint density at radius 2 is 1.66 bits per heavy atom. The number of nitrogens with zero attached hydrogens (tertiary/aromatic N) is 2. The van der Waals surface area contributed by atoms with Gasteiger partial charge in [0.15, 0.2) is 5.16 Å². The largest absolute Gasteiger partial charge is 0.435 e. The van der Waals surface area contributed by atoms with Crippen LogP contribution in [0.25, 0.3) is 10.9 Å². The molecule has 3 aromatic carbocycles. The summed E-state index contributed by atoms with van der Waals surface area (Å²) in [6.07, 6.45) is 0. The van der Waals surface area contributed by atoms with Crippen molar-refractivity contribution in [1.82, 2.24) is 14.9 Å². The maximum Gasteiger partial charge on any atom is 0.387 e. The van der Waals surface area contributed by atoms with Gasteiger partial charge in [-0.1, -0.05) is 54.2 Å². The second-order valence-corrected chi connectivity index (χ2v) is 8.30. The van der Waals surface area contributed by atoms with Gasteiger partial charge in [-0.25, -0.2) is 4.98 Å². The first-order chi connectivity index (χ1) is 16.9. The number of benzene rings is 3. The Labute approximate surface area is 202 Å². The van der Waals surface area contributed by atoms with E-state index in [1.54, 1.807) is 24.3 Å². The predicted molar refractivity (Wildman–Crippen MR) is 128 cm³/mol. The standard InChI is InChI=1S/C25H19F2N3O4S/c26-24(27)34-18-12-10-17(11-13-18)22(32)29-21(31)15-35-25-28-20-9-5-4-8-19(20)23(33)30(25)14-16-6-2-1-3-7-16/h1-13,24H,14-15H2,(H,29,31,32). The summed E-state index contributed by atoms with van der Waals surface area (Å²) in [5, 5.41) is 3.05. The molecule has 0 bridgehead atoms. The van der Waals surface area contributed by atoms with Crippen LogP contribution in [0.4, 0.5) is 8.78 Å². The molecule has 4 rings (SSSR count). The molecule has 0 radical (unpaired) electrons. The van der Waals surface area contributed by atoms with Gasteiger partial charge in [-0.15, -0.1) is 0 Å². The van der Waals surface area contributed by atoms with Gasteiger partial charge in [0.05, 0.1) is 23.2 Å². The molecule has 0 aliphatic rings. The fourth-order valence-corrected chi connectivity index (χ4v) is 4.11. The number of thioether (sulfide) groups is 1. The van der Waals surface area contributed by atoms with Crippen molar-refractivity contribution in [3.8, 4) is 5.75 Å². The fourth-order valence-electron chi connectivity index (χ4n) is 3.32. The average Bonchev–Trinajstić information content (AvgIpc) is 2.85. The number of para-hydroxylation sites is 1. The minimum absolute atomic E-state index is 0.0998. The van der Waals surface area contributed by atoms with E-state index in [1.807, 2.05) is 30.3 Å². The molecule has 2 amide bonds. The van der Waals surface area contributed by atoms with Crippen molar-refractivity contribution >= 4 is 34.5 Å². The molecule has 0 aliphatic heterocycles. The second-order valence-electron chi connectivity index (χ2n) is 7.36. The molecular formula is C25H19F2N3O4S. The highest BCUT2D eigenvalue weighted by Gasteiger charge is 2.16. The molecule has 1 N–H and O–H groups in total. The summed E-state index contributed by atoms with van der Waals surface area (Å²) in [6, 6.07) is 21.3. The summed E-state index contributed by atoms with van der Waals surface area (Å²) >= 11 is 1.03. The van der Waals surface area contributed by atoms with Gasteiger partial charge in [0.2, 0.25) is 5.91 Å². The van der Waals surface area contributed by atoms with Gasteiger partial charge in [0, 0.05) is 5.56 Å². The lowest BCUT2D eigenvalue weighted by molar-refractivity contribution is -0.117. The van der Waals surface area contributed by atoms with Crippen molar-refractivity contribution in [2.75, 3.05) is 5.75 Å². The van der Waals surface area contributed by atoms with E-state index in [0.717, 1.165) is 17.3 Å². The van der Waals surface area contributed by atoms with Crippen LogP contribution < -0.4 is 15.6 Å². The van der Waals surface area contributed by atoms with E-state index in [1.165, 1.54) is 28.8 Å². The van der Waals surface area contributed by atoms with E-state index in [0.29, 0.717) is 16.1 Å². The molecule has 35 heavy (non-hydrogen) atoms. The van der Waals surface area contributed by atoms with E-state index >= 15 is 0 Å². The summed E-state index contributed by atoms with van der Waals surface area (Å²) in [7, 11) is 0. The molecule has 0 spiro atoms. The number of nitrogens with one attached hydrogen (secondary N) is 1. The lowest BCUT2D eigenvalue weighted by atomic mass is 10.2. The van der Waals surface area contributed by atoms with Gasteiger partial charge in [0.1, 0.15) is 5.75 Å². The van der Waals surface area contributed by atoms with Gasteiger partial charge >= 0.3 is 6.61 Å². The molecule has 0 atom stereocenters. The summed E-state index contributed by atoms with van der Waals surface area (Å²) in [4.78, 5) is 42.5. The number of hydrogen-bond donors (Lipinski definition) is 1. The van der Waals surface area contributed by atoms with Crippen LogP contribution in [-0.4, -0.2) is 33.7 Å². The quantitative estimate of drug-likeness (QED) is 0.293. The third-order valence-electron chi connectivity index (χ3n) is 4.94. The first-order valence-corrected chi connectivity index (χ1v) is 11.4. The van der Waals surface area contributed by atoms with Crippen LogP contribution in [0, 0.1) is 0 Å². The number of halogens is 2. The molecule has 1 aromatic heterocycles. The number of aromatic nitrogens is 2. The molecule has 178 valence electrons. The van der Waals surface area contributed by atoms with Crippen molar-refractivity contribution in [2.24, 2.45) is 0 Å². The zero-order chi connectivity index (χ0) is 24.8. The number of carbonyl (C=O) groups is 2. The van der Waals surface area contributed by atoms with Crippen molar-refractivity contribution < 1.29 is 23.1 Å². The highest BCUT2D eigenvalue weighted by atomic mass is 32.2. The molecule has 4 aromatic rings. The maximum absolute atomic E-state index is 13.2. The summed E-state index contributed by atoms with van der Waals surface area (Å²) in [5.74, 6) is -1.55. The topological polar surface area (TPSA) is 90.3 Å². The molecule has 0 saturated carbocycles. The molecule has 1 heterocycles. The van der Waals surface area contributed by atoms with Crippen LogP contribution in [0.3, 0.4) is 0 Å². The highest BCUT2D eigenvalue weighted by Crippen LogP contribution is 2.19. The number of imide groups is 1. The van der Waals surface area contributed by atoms with E-state index in [9.17, 15) is 23.2 Å². The smallest absolute Gasteiger partial charge is 0.387 e. The predicted octanol–water partition coefficient (Wildman–Crippen LogP) is 4.09. The van der Waals surface area contributed by atoms with Crippen LogP contribution in [0.15, 0.2) is 88.8 Å². The lowest BCUT2D eigenvalue weighted by Crippen LogP contribution is -2.32. The zero-order valence-electron chi connectivity index (χ0n) is 18.2. The zero-order valence-corrected chi connectivity index (χ0v) is 19.0. The monoisotopic (exact) mass is 495 g/mol. The van der Waals surface area contributed by atoms with Gasteiger partial charge in [0.25, 0.3) is 11.5 Å². The Kier molecular flexibility index (Phi) is 7.51. The van der Waals surface area contributed by atoms with E-state index in [2.05, 4.69) is 15.0 Å². The molecule has 0 saturated heterocycles. The molecular weight excluding hydrogens is 476 g/mol. The van der Waals surface area contributed by atoms with Gasteiger partial charge in [-0.3, -0.25) is 24.3 Å². The summed E-state index contributed by atoms with van der Waals surface area (Å²) in [5.41, 5.74) is 1.28. The number of ether oxygens (including phenoxy) is 1. The second kappa shape index (κ2) is 10.9. The molecule has 0 aliphatic carbocycles. The minimum atomic E-state index is -2.98. The Morgan fingerprint density at radius 1 is 0.971 bits per heavy atom. The number of rotatable bonds is 8. The first kappa shape index (κ1) is 24.1. The molecule has 0 fully saturated rings. The number of amides is 2. The Hall–Kier alpha value is -4.05. The number of carbonyl (C=O) groups excluding carboxylic acids is 2. The lowest BCUT2D eigenvalue weighted by Gasteiger charge is -2.13. The van der Waals surface area contributed by atoms with Crippen LogP contribution >= 0.6 is 11.8 Å². The SMILES string of the molecule is O=C(CSc1nc2ccccc2c(=O)n1Cc1ccccc1)NC(=O)c1ccc(OC(F)F)cc1. The molecule has 7 nitrogen and oxygen atoms in total. The fraction of sp³-hybridized carbons (Fsp3) is 0.120. The Bertz CT molecular complexity index is 1410. The van der Waals surface area contributed by atoms with Crippen molar-refractivity contribution in [1.29, 1.82) is 0 Å². The molecule has 0 unspecified atom stereocenters. The normalized spacial score (nSPS) is 10.9. The number of hydrogen-bond acceptors (Lipinski definition) is 6. The first-order valence-electron chi connectivity index (χ1n) is 10.5. The van der Waals surface area contributed by atoms with Crippen molar-refractivity contribution in [3.05, 3.63) is 100 Å². The van der Waals surface area contributed by atoms with Crippen molar-refractivity contribution in [2.45, 2.75) is 18.3 Å². The third kappa shape index (κ3) is 6.10. The Morgan fingerprint density at radius 3 is 2.37 bits per heavy atom. The van der Waals surface area contributed by atoms with Crippen LogP contribution in [0.1, 0.15) is 15.9 Å². The van der Waals surface area contributed by atoms with E-state index in [-0.39, 0.29) is 29.2 Å². The number of fused-ring (bicyclic) bond motifs is 1. The van der Waals surface area contributed by atoms with E-state index in [4.69, 9.17) is 0 Å². The molecule has 10 heteroatoms. The van der Waals surface area contributed by atoms with Gasteiger partial charge in [-0.2, -0.15) is 8.78 Å². The van der Waals surface area contributed by atoms with Gasteiger partial charge in [-0.05, 0) is 42.0 Å². The third-order valence-corrected chi connectivity index (χ3v) is 5.91. The van der Waals surface area contributed by atoms with Crippen LogP contribution in [0.2, 0.25) is 0 Å². The van der Waals surface area contributed by atoms with E-state index < -0.39 is 18.4 Å². The minimum Gasteiger partial charge on any atom is -0.435 e. The maximum atomic E-state index is 13.2. The number of alkyl halides is 2. The van der Waals surface area contributed by atoms with Crippen LogP contribution in [0.5, 0.6) is 5.75 Å². The van der Waals surface area contributed by atoms with Gasteiger partial charge < -0.3 is 4.74 Å². The summed E-state index contributed by atoms with van der Waals surface area (Å²) in [6.45, 7) is -2.70.